The van der Waals surface area contributed by atoms with E-state index in [1.54, 1.807) is 6.20 Å². The molecule has 0 aromatic carbocycles. The Balaban J connectivity index is 1.90. The lowest BCUT2D eigenvalue weighted by Crippen LogP contribution is -2.36. The Morgan fingerprint density at radius 1 is 1.33 bits per heavy atom. The summed E-state index contributed by atoms with van der Waals surface area (Å²) in [5.74, 6) is 0. The van der Waals surface area contributed by atoms with Crippen molar-refractivity contribution in [3.8, 4) is 0 Å². The van der Waals surface area contributed by atoms with Gasteiger partial charge in [0.05, 0.1) is 0 Å². The van der Waals surface area contributed by atoms with Crippen LogP contribution in [-0.2, 0) is 11.3 Å². The van der Waals surface area contributed by atoms with E-state index in [9.17, 15) is 0 Å². The molecule has 0 amide bonds. The molecule has 0 saturated carbocycles. The van der Waals surface area contributed by atoms with Gasteiger partial charge in [0.1, 0.15) is 0 Å². The first-order valence-corrected chi connectivity index (χ1v) is 6.80. The maximum Gasteiger partial charge on any atom is 0.166 e. The first-order valence-electron chi connectivity index (χ1n) is 6.39. The van der Waals surface area contributed by atoms with E-state index in [0.29, 0.717) is 5.11 Å². The van der Waals surface area contributed by atoms with Crippen LogP contribution in [0.3, 0.4) is 0 Å². The van der Waals surface area contributed by atoms with Crippen LogP contribution in [0, 0.1) is 0 Å². The Labute approximate surface area is 114 Å². The van der Waals surface area contributed by atoms with Gasteiger partial charge in [-0.15, -0.1) is 0 Å². The Morgan fingerprint density at radius 3 is 2.78 bits per heavy atom. The average molecular weight is 270 g/mol. The fourth-order valence-corrected chi connectivity index (χ4v) is 1.66. The third-order valence-corrected chi connectivity index (χ3v) is 2.65. The topological polar surface area (TPSA) is 51.1 Å². The molecule has 5 nitrogen and oxygen atoms in total. The molecule has 1 rings (SSSR count). The van der Waals surface area contributed by atoms with Crippen molar-refractivity contribution in [2.24, 2.45) is 0 Å². The molecule has 0 aliphatic rings. The van der Waals surface area contributed by atoms with Gasteiger partial charge in [-0.05, 0) is 38.0 Å². The summed E-state index contributed by atoms with van der Waals surface area (Å²) < 4.78 is 7.16. The number of hydrogen-bond donors (Lipinski definition) is 2. The fourth-order valence-electron chi connectivity index (χ4n) is 1.46. The summed E-state index contributed by atoms with van der Waals surface area (Å²) in [6.07, 6.45) is 5.73. The highest BCUT2D eigenvalue weighted by molar-refractivity contribution is 7.80. The second-order valence-corrected chi connectivity index (χ2v) is 4.26. The number of ether oxygens (including phenoxy) is 1. The van der Waals surface area contributed by atoms with Crippen molar-refractivity contribution >= 4 is 17.3 Å². The lowest BCUT2D eigenvalue weighted by molar-refractivity contribution is 0.145. The lowest BCUT2D eigenvalue weighted by Gasteiger charge is -2.10. The van der Waals surface area contributed by atoms with E-state index < -0.39 is 0 Å². The van der Waals surface area contributed by atoms with Crippen LogP contribution in [0.15, 0.2) is 18.5 Å². The van der Waals surface area contributed by atoms with Gasteiger partial charge in [-0.1, -0.05) is 0 Å². The second kappa shape index (κ2) is 9.85. The summed E-state index contributed by atoms with van der Waals surface area (Å²) in [5.41, 5.74) is 0. The standard InChI is InChI=1S/C12H22N4OS/c1-2-17-11-5-7-14-12(18)13-6-3-9-16-10-4-8-15-16/h4,8,10H,2-3,5-7,9,11H2,1H3,(H2,13,14,18). The van der Waals surface area contributed by atoms with E-state index >= 15 is 0 Å². The molecule has 0 saturated heterocycles. The minimum absolute atomic E-state index is 0.715. The third kappa shape index (κ3) is 7.24. The van der Waals surface area contributed by atoms with Crippen LogP contribution in [0.1, 0.15) is 19.8 Å². The Bertz CT molecular complexity index is 316. The first kappa shape index (κ1) is 14.9. The Kier molecular flexibility index (Phi) is 8.16. The summed E-state index contributed by atoms with van der Waals surface area (Å²) in [6.45, 7) is 6.18. The molecule has 1 heterocycles. The van der Waals surface area contributed by atoms with Gasteiger partial charge in [0.2, 0.25) is 0 Å². The maximum absolute atomic E-state index is 5.24. The lowest BCUT2D eigenvalue weighted by atomic mass is 10.4. The van der Waals surface area contributed by atoms with Crippen LogP contribution < -0.4 is 10.6 Å². The molecule has 0 bridgehead atoms. The van der Waals surface area contributed by atoms with Gasteiger partial charge in [0.15, 0.2) is 5.11 Å². The van der Waals surface area contributed by atoms with E-state index in [-0.39, 0.29) is 0 Å². The van der Waals surface area contributed by atoms with Crippen molar-refractivity contribution in [1.82, 2.24) is 20.4 Å². The molecule has 0 unspecified atom stereocenters. The number of hydrogen-bond acceptors (Lipinski definition) is 3. The monoisotopic (exact) mass is 270 g/mol. The van der Waals surface area contributed by atoms with E-state index in [0.717, 1.165) is 45.7 Å². The highest BCUT2D eigenvalue weighted by atomic mass is 32.1. The van der Waals surface area contributed by atoms with Gasteiger partial charge in [-0.25, -0.2) is 0 Å². The first-order chi connectivity index (χ1) is 8.83. The fraction of sp³-hybridized carbons (Fsp3) is 0.667. The zero-order valence-electron chi connectivity index (χ0n) is 10.9. The highest BCUT2D eigenvalue weighted by Crippen LogP contribution is 1.88. The molecule has 0 fully saturated rings. The summed E-state index contributed by atoms with van der Waals surface area (Å²) in [6, 6.07) is 1.93. The molecule has 0 aliphatic carbocycles. The van der Waals surface area contributed by atoms with Crippen molar-refractivity contribution in [2.45, 2.75) is 26.3 Å². The maximum atomic E-state index is 5.24. The predicted octanol–water partition coefficient (Wildman–Crippen LogP) is 1.16. The molecular formula is C12H22N4OS. The average Bonchev–Trinajstić information content (AvgIpc) is 2.87. The van der Waals surface area contributed by atoms with Crippen LogP contribution in [0.2, 0.25) is 0 Å². The number of aromatic nitrogens is 2. The van der Waals surface area contributed by atoms with Gasteiger partial charge in [0, 0.05) is 45.2 Å². The van der Waals surface area contributed by atoms with Crippen molar-refractivity contribution in [2.75, 3.05) is 26.3 Å². The molecule has 0 radical (unpaired) electrons. The summed E-state index contributed by atoms with van der Waals surface area (Å²) >= 11 is 5.16. The minimum Gasteiger partial charge on any atom is -0.382 e. The minimum atomic E-state index is 0.715. The van der Waals surface area contributed by atoms with Crippen LogP contribution >= 0.6 is 12.2 Å². The number of rotatable bonds is 9. The van der Waals surface area contributed by atoms with Crippen molar-refractivity contribution in [3.63, 3.8) is 0 Å². The molecular weight excluding hydrogens is 248 g/mol. The molecule has 1 aromatic heterocycles. The molecule has 0 atom stereocenters. The molecule has 102 valence electrons. The number of nitrogens with zero attached hydrogens (tertiary/aromatic N) is 2. The second-order valence-electron chi connectivity index (χ2n) is 3.86. The highest BCUT2D eigenvalue weighted by Gasteiger charge is 1.95. The van der Waals surface area contributed by atoms with Crippen molar-refractivity contribution in [1.29, 1.82) is 0 Å². The van der Waals surface area contributed by atoms with E-state index in [1.807, 2.05) is 23.9 Å². The van der Waals surface area contributed by atoms with Gasteiger partial charge < -0.3 is 15.4 Å². The van der Waals surface area contributed by atoms with Crippen molar-refractivity contribution < 1.29 is 4.74 Å². The third-order valence-electron chi connectivity index (χ3n) is 2.36. The summed E-state index contributed by atoms with van der Waals surface area (Å²) in [4.78, 5) is 0. The van der Waals surface area contributed by atoms with E-state index in [1.165, 1.54) is 0 Å². The van der Waals surface area contributed by atoms with Gasteiger partial charge in [-0.3, -0.25) is 4.68 Å². The van der Waals surface area contributed by atoms with Crippen LogP contribution in [0.5, 0.6) is 0 Å². The predicted molar refractivity (Wildman–Crippen MR) is 76.6 cm³/mol. The van der Waals surface area contributed by atoms with Gasteiger partial charge in [-0.2, -0.15) is 5.10 Å². The van der Waals surface area contributed by atoms with Gasteiger partial charge >= 0.3 is 0 Å². The Morgan fingerprint density at radius 2 is 2.11 bits per heavy atom. The van der Waals surface area contributed by atoms with Crippen LogP contribution in [-0.4, -0.2) is 41.2 Å². The number of aryl methyl sites for hydroxylation is 1. The Hall–Kier alpha value is -1.14. The molecule has 0 aliphatic heterocycles. The smallest absolute Gasteiger partial charge is 0.166 e. The van der Waals surface area contributed by atoms with Gasteiger partial charge in [0.25, 0.3) is 0 Å². The molecule has 2 N–H and O–H groups in total. The van der Waals surface area contributed by atoms with Crippen molar-refractivity contribution in [3.05, 3.63) is 18.5 Å². The largest absolute Gasteiger partial charge is 0.382 e. The van der Waals surface area contributed by atoms with Crippen LogP contribution in [0.25, 0.3) is 0 Å². The quantitative estimate of drug-likeness (QED) is 0.521. The zero-order valence-corrected chi connectivity index (χ0v) is 11.7. The molecule has 18 heavy (non-hydrogen) atoms. The number of nitrogens with one attached hydrogen (secondary N) is 2. The molecule has 0 spiro atoms. The zero-order chi connectivity index (χ0) is 13.1. The molecule has 1 aromatic rings. The molecule has 6 heteroatoms. The summed E-state index contributed by atoms with van der Waals surface area (Å²) in [5, 5.41) is 11.2. The van der Waals surface area contributed by atoms with E-state index in [2.05, 4.69) is 15.7 Å². The van der Waals surface area contributed by atoms with E-state index in [4.69, 9.17) is 17.0 Å². The van der Waals surface area contributed by atoms with Crippen LogP contribution in [0.4, 0.5) is 0 Å². The normalized spacial score (nSPS) is 10.3. The number of thiocarbonyl (C=S) groups is 1. The summed E-state index contributed by atoms with van der Waals surface area (Å²) in [7, 11) is 0. The SMILES string of the molecule is CCOCCCNC(=S)NCCCn1cccn1.